The predicted molar refractivity (Wildman–Crippen MR) is 58.4 cm³/mol. The van der Waals surface area contributed by atoms with E-state index in [1.165, 1.54) is 0 Å². The third kappa shape index (κ3) is 5.09. The normalized spacial score (nSPS) is 12.4. The van der Waals surface area contributed by atoms with Crippen LogP contribution in [-0.2, 0) is 11.0 Å². The molecule has 1 N–H and O–H groups in total. The average Bonchev–Trinajstić information content (AvgIpc) is 2.16. The number of carbonyl (C=O) groups is 1. The molecule has 106 valence electrons. The molecule has 0 aliphatic carbocycles. The summed E-state index contributed by atoms with van der Waals surface area (Å²) in [6.45, 7) is 0. The first-order valence-electron chi connectivity index (χ1n) is 4.72. The number of nitrogens with one attached hydrogen (secondary N) is 1. The highest BCUT2D eigenvalue weighted by atomic mass is 79.9. The maximum absolute atomic E-state index is 12.5. The third-order valence-electron chi connectivity index (χ3n) is 1.92. The summed E-state index contributed by atoms with van der Waals surface area (Å²) in [6, 6.07) is 2.61. The van der Waals surface area contributed by atoms with Crippen LogP contribution in [0.5, 0.6) is 0 Å². The fourth-order valence-corrected chi connectivity index (χ4v) is 1.68. The van der Waals surface area contributed by atoms with Crippen molar-refractivity contribution in [3.63, 3.8) is 0 Å². The molecular formula is C10H6BrF6NO. The number of rotatable bonds is 2. The van der Waals surface area contributed by atoms with Crippen LogP contribution in [0.4, 0.5) is 32.0 Å². The summed E-state index contributed by atoms with van der Waals surface area (Å²) in [5, 5.41) is 1.76. The van der Waals surface area contributed by atoms with Gasteiger partial charge in [0.1, 0.15) is 6.42 Å². The summed E-state index contributed by atoms with van der Waals surface area (Å²) in [5.41, 5.74) is -1.44. The van der Waals surface area contributed by atoms with Gasteiger partial charge in [0, 0.05) is 10.2 Å². The lowest BCUT2D eigenvalue weighted by Crippen LogP contribution is -2.21. The minimum atomic E-state index is -4.72. The van der Waals surface area contributed by atoms with Crippen molar-refractivity contribution in [3.8, 4) is 0 Å². The van der Waals surface area contributed by atoms with Gasteiger partial charge in [-0.1, -0.05) is 15.9 Å². The van der Waals surface area contributed by atoms with Crippen LogP contribution in [0.2, 0.25) is 0 Å². The fraction of sp³-hybridized carbons (Fsp3) is 0.300. The van der Waals surface area contributed by atoms with Gasteiger partial charge in [-0.2, -0.15) is 26.3 Å². The van der Waals surface area contributed by atoms with Crippen LogP contribution in [0, 0.1) is 0 Å². The second-order valence-electron chi connectivity index (χ2n) is 3.53. The zero-order chi connectivity index (χ0) is 14.8. The summed E-state index contributed by atoms with van der Waals surface area (Å²) in [6.07, 6.45) is -11.2. The Morgan fingerprint density at radius 3 is 2.21 bits per heavy atom. The molecule has 1 aromatic rings. The zero-order valence-corrected chi connectivity index (χ0v) is 10.6. The lowest BCUT2D eigenvalue weighted by Gasteiger charge is -2.12. The summed E-state index contributed by atoms with van der Waals surface area (Å²) >= 11 is 2.67. The Kier molecular flexibility index (Phi) is 4.49. The van der Waals surface area contributed by atoms with Gasteiger partial charge in [-0.05, 0) is 18.2 Å². The summed E-state index contributed by atoms with van der Waals surface area (Å²) in [4.78, 5) is 10.9. The van der Waals surface area contributed by atoms with Crippen molar-refractivity contribution in [2.24, 2.45) is 0 Å². The monoisotopic (exact) mass is 349 g/mol. The van der Waals surface area contributed by atoms with Gasteiger partial charge >= 0.3 is 12.4 Å². The number of halogens is 7. The average molecular weight is 350 g/mol. The minimum Gasteiger partial charge on any atom is -0.326 e. The second-order valence-corrected chi connectivity index (χ2v) is 4.39. The van der Waals surface area contributed by atoms with E-state index in [4.69, 9.17) is 0 Å². The quantitative estimate of drug-likeness (QED) is 0.789. The van der Waals surface area contributed by atoms with Crippen molar-refractivity contribution in [1.29, 1.82) is 0 Å². The maximum Gasteiger partial charge on any atom is 0.417 e. The Bertz CT molecular complexity index is 482. The van der Waals surface area contributed by atoms with Gasteiger partial charge in [0.25, 0.3) is 0 Å². The van der Waals surface area contributed by atoms with Crippen molar-refractivity contribution in [2.75, 3.05) is 5.32 Å². The zero-order valence-electron chi connectivity index (χ0n) is 8.99. The van der Waals surface area contributed by atoms with E-state index in [1.54, 1.807) is 5.32 Å². The molecule has 0 aliphatic heterocycles. The van der Waals surface area contributed by atoms with Crippen molar-refractivity contribution >= 4 is 27.5 Å². The highest BCUT2D eigenvalue weighted by Crippen LogP contribution is 2.36. The minimum absolute atomic E-state index is 0.270. The molecular weight excluding hydrogens is 344 g/mol. The number of benzene rings is 1. The lowest BCUT2D eigenvalue weighted by molar-refractivity contribution is -0.150. The smallest absolute Gasteiger partial charge is 0.326 e. The van der Waals surface area contributed by atoms with Crippen molar-refractivity contribution in [2.45, 2.75) is 18.8 Å². The molecule has 0 unspecified atom stereocenters. The molecule has 0 spiro atoms. The standard InChI is InChI=1S/C10H6BrF6NO/c11-7-2-1-5(3-6(7)10(15,16)17)18-8(19)4-9(12,13)14/h1-3H,4H2,(H,18,19). The molecule has 19 heavy (non-hydrogen) atoms. The van der Waals surface area contributed by atoms with Gasteiger partial charge < -0.3 is 5.32 Å². The van der Waals surface area contributed by atoms with E-state index in [-0.39, 0.29) is 10.2 Å². The number of amides is 1. The van der Waals surface area contributed by atoms with Gasteiger partial charge in [-0.25, -0.2) is 0 Å². The molecule has 0 saturated heterocycles. The van der Waals surface area contributed by atoms with Gasteiger partial charge in [-0.15, -0.1) is 0 Å². The second kappa shape index (κ2) is 5.40. The van der Waals surface area contributed by atoms with Crippen LogP contribution < -0.4 is 5.32 Å². The molecule has 9 heteroatoms. The fourth-order valence-electron chi connectivity index (χ4n) is 1.21. The van der Waals surface area contributed by atoms with Crippen molar-refractivity contribution < 1.29 is 31.1 Å². The van der Waals surface area contributed by atoms with Crippen LogP contribution in [0.3, 0.4) is 0 Å². The SMILES string of the molecule is O=C(CC(F)(F)F)Nc1ccc(Br)c(C(F)(F)F)c1. The molecule has 0 bridgehead atoms. The van der Waals surface area contributed by atoms with E-state index < -0.39 is 30.2 Å². The molecule has 0 atom stereocenters. The highest BCUT2D eigenvalue weighted by Gasteiger charge is 2.34. The van der Waals surface area contributed by atoms with Gasteiger partial charge in [0.2, 0.25) is 5.91 Å². The first kappa shape index (κ1) is 15.8. The Balaban J connectivity index is 2.89. The number of alkyl halides is 6. The first-order chi connectivity index (χ1) is 8.49. The van der Waals surface area contributed by atoms with Crippen molar-refractivity contribution in [1.82, 2.24) is 0 Å². The largest absolute Gasteiger partial charge is 0.417 e. The van der Waals surface area contributed by atoms with Crippen LogP contribution in [0.15, 0.2) is 22.7 Å². The van der Waals surface area contributed by atoms with Crippen LogP contribution in [0.1, 0.15) is 12.0 Å². The Hall–Kier alpha value is -1.25. The van der Waals surface area contributed by atoms with E-state index in [9.17, 15) is 31.1 Å². The van der Waals surface area contributed by atoms with Crippen molar-refractivity contribution in [3.05, 3.63) is 28.2 Å². The highest BCUT2D eigenvalue weighted by molar-refractivity contribution is 9.10. The van der Waals surface area contributed by atoms with Gasteiger partial charge in [-0.3, -0.25) is 4.79 Å². The molecule has 0 aliphatic rings. The van der Waals surface area contributed by atoms with Gasteiger partial charge in [0.15, 0.2) is 0 Å². The number of hydrogen-bond acceptors (Lipinski definition) is 1. The maximum atomic E-state index is 12.5. The molecule has 0 radical (unpaired) electrons. The molecule has 1 aromatic carbocycles. The van der Waals surface area contributed by atoms with E-state index in [0.29, 0.717) is 6.07 Å². The molecule has 1 rings (SSSR count). The first-order valence-corrected chi connectivity index (χ1v) is 5.52. The third-order valence-corrected chi connectivity index (χ3v) is 2.61. The van der Waals surface area contributed by atoms with Crippen LogP contribution in [-0.4, -0.2) is 12.1 Å². The summed E-state index contributed by atoms with van der Waals surface area (Å²) < 4.78 is 73.0. The summed E-state index contributed by atoms with van der Waals surface area (Å²) in [7, 11) is 0. The topological polar surface area (TPSA) is 29.1 Å². The van der Waals surface area contributed by atoms with Gasteiger partial charge in [0.05, 0.1) is 5.56 Å². The van der Waals surface area contributed by atoms with E-state index in [1.807, 2.05) is 0 Å². The number of hydrogen-bond donors (Lipinski definition) is 1. The Labute approximate surface area is 111 Å². The molecule has 0 saturated carbocycles. The van der Waals surface area contributed by atoms with Crippen LogP contribution >= 0.6 is 15.9 Å². The number of carbonyl (C=O) groups excluding carboxylic acids is 1. The van der Waals surface area contributed by atoms with E-state index in [2.05, 4.69) is 15.9 Å². The lowest BCUT2D eigenvalue weighted by atomic mass is 10.2. The molecule has 1 amide bonds. The molecule has 2 nitrogen and oxygen atoms in total. The number of anilines is 1. The summed E-state index contributed by atoms with van der Waals surface area (Å²) in [5.74, 6) is -1.43. The predicted octanol–water partition coefficient (Wildman–Crippen LogP) is 4.36. The Morgan fingerprint density at radius 2 is 1.74 bits per heavy atom. The molecule has 0 heterocycles. The molecule has 0 fully saturated rings. The molecule has 0 aromatic heterocycles. The van der Waals surface area contributed by atoms with E-state index in [0.717, 1.165) is 12.1 Å². The Morgan fingerprint density at radius 1 is 1.16 bits per heavy atom. The van der Waals surface area contributed by atoms with Crippen LogP contribution in [0.25, 0.3) is 0 Å². The van der Waals surface area contributed by atoms with E-state index >= 15 is 0 Å².